The van der Waals surface area contributed by atoms with Gasteiger partial charge in [-0.05, 0) is 54.9 Å². The fourth-order valence-corrected chi connectivity index (χ4v) is 2.08. The van der Waals surface area contributed by atoms with Crippen LogP contribution in [0.5, 0.6) is 0 Å². The third kappa shape index (κ3) is 3.70. The van der Waals surface area contributed by atoms with Crippen molar-refractivity contribution in [1.29, 1.82) is 0 Å². The van der Waals surface area contributed by atoms with Gasteiger partial charge in [-0.3, -0.25) is 0 Å². The summed E-state index contributed by atoms with van der Waals surface area (Å²) in [5.41, 5.74) is 1.78. The molecular weight excluding hydrogens is 328 g/mol. The molecule has 0 aliphatic heterocycles. The van der Waals surface area contributed by atoms with Gasteiger partial charge in [-0.25, -0.2) is 4.68 Å². The average molecular weight is 344 g/mol. The van der Waals surface area contributed by atoms with Crippen molar-refractivity contribution in [3.8, 4) is 0 Å². The number of rotatable bonds is 3. The second-order valence-electron chi connectivity index (χ2n) is 5.30. The summed E-state index contributed by atoms with van der Waals surface area (Å²) < 4.78 is 2.83. The Kier molecular flexibility index (Phi) is 4.16. The summed E-state index contributed by atoms with van der Waals surface area (Å²) in [6.45, 7) is 6.88. The molecule has 1 heterocycles. The Labute approximate surface area is 126 Å². The van der Waals surface area contributed by atoms with Crippen LogP contribution in [0.15, 0.2) is 28.9 Å². The second kappa shape index (κ2) is 5.51. The third-order valence-corrected chi connectivity index (χ3v) is 3.54. The van der Waals surface area contributed by atoms with Crippen molar-refractivity contribution < 1.29 is 0 Å². The molecule has 2 rings (SSSR count). The monoisotopic (exact) mass is 342 g/mol. The van der Waals surface area contributed by atoms with Crippen LogP contribution in [0, 0.1) is 0 Å². The summed E-state index contributed by atoms with van der Waals surface area (Å²) in [5.74, 6) is 0. The Balaban J connectivity index is 2.06. The van der Waals surface area contributed by atoms with Crippen molar-refractivity contribution in [2.45, 2.75) is 32.9 Å². The van der Waals surface area contributed by atoms with Gasteiger partial charge in [0.05, 0.1) is 24.0 Å². The molecule has 0 bridgehead atoms. The van der Waals surface area contributed by atoms with Gasteiger partial charge >= 0.3 is 0 Å². The molecule has 0 unspecified atom stereocenters. The fourth-order valence-electron chi connectivity index (χ4n) is 1.53. The number of halogens is 2. The van der Waals surface area contributed by atoms with Crippen LogP contribution in [0.4, 0.5) is 5.69 Å². The van der Waals surface area contributed by atoms with Gasteiger partial charge in [0, 0.05) is 9.50 Å². The van der Waals surface area contributed by atoms with E-state index in [1.54, 1.807) is 0 Å². The van der Waals surface area contributed by atoms with E-state index in [0.29, 0.717) is 11.6 Å². The molecule has 1 aromatic carbocycles. The SMILES string of the molecule is CC(C)(C)n1cc(CNc2cc(Cl)ccc2Br)nn1. The Morgan fingerprint density at radius 2 is 2.11 bits per heavy atom. The van der Waals surface area contributed by atoms with Crippen LogP contribution in [0.2, 0.25) is 5.02 Å². The van der Waals surface area contributed by atoms with Crippen molar-refractivity contribution in [3.05, 3.63) is 39.6 Å². The molecule has 6 heteroatoms. The number of nitrogens with one attached hydrogen (secondary N) is 1. The van der Waals surface area contributed by atoms with E-state index in [1.165, 1.54) is 0 Å². The van der Waals surface area contributed by atoms with E-state index in [1.807, 2.05) is 29.1 Å². The molecule has 2 aromatic rings. The summed E-state index contributed by atoms with van der Waals surface area (Å²) >= 11 is 9.45. The van der Waals surface area contributed by atoms with Crippen LogP contribution in [-0.4, -0.2) is 15.0 Å². The lowest BCUT2D eigenvalue weighted by Gasteiger charge is -2.17. The van der Waals surface area contributed by atoms with Crippen molar-refractivity contribution in [3.63, 3.8) is 0 Å². The highest BCUT2D eigenvalue weighted by Gasteiger charge is 2.14. The molecule has 0 radical (unpaired) electrons. The minimum Gasteiger partial charge on any atom is -0.378 e. The van der Waals surface area contributed by atoms with E-state index in [2.05, 4.69) is 52.3 Å². The van der Waals surface area contributed by atoms with Crippen LogP contribution in [-0.2, 0) is 12.1 Å². The zero-order valence-electron chi connectivity index (χ0n) is 11.1. The summed E-state index contributed by atoms with van der Waals surface area (Å²) in [7, 11) is 0. The molecule has 0 amide bonds. The lowest BCUT2D eigenvalue weighted by molar-refractivity contribution is 0.347. The Hall–Kier alpha value is -1.07. The first kappa shape index (κ1) is 14.3. The van der Waals surface area contributed by atoms with E-state index in [-0.39, 0.29) is 5.54 Å². The molecule has 0 fully saturated rings. The molecule has 4 nitrogen and oxygen atoms in total. The first-order valence-corrected chi connectivity index (χ1v) is 7.14. The highest BCUT2D eigenvalue weighted by atomic mass is 79.9. The molecule has 1 aromatic heterocycles. The summed E-state index contributed by atoms with van der Waals surface area (Å²) in [5, 5.41) is 12.3. The molecule has 0 spiro atoms. The lowest BCUT2D eigenvalue weighted by atomic mass is 10.1. The zero-order chi connectivity index (χ0) is 14.0. The standard InChI is InChI=1S/C13H16BrClN4/c1-13(2,3)19-8-10(17-18-19)7-16-12-6-9(15)4-5-11(12)14/h4-6,8,16H,7H2,1-3H3. The maximum Gasteiger partial charge on any atom is 0.102 e. The van der Waals surface area contributed by atoms with E-state index in [9.17, 15) is 0 Å². The molecule has 0 aliphatic rings. The van der Waals surface area contributed by atoms with Gasteiger partial charge in [0.2, 0.25) is 0 Å². The Bertz CT molecular complexity index is 574. The average Bonchev–Trinajstić information content (AvgIpc) is 2.79. The first-order chi connectivity index (χ1) is 8.86. The minimum atomic E-state index is -0.0537. The predicted octanol–water partition coefficient (Wildman–Crippen LogP) is 4.06. The number of hydrogen-bond acceptors (Lipinski definition) is 3. The molecule has 1 N–H and O–H groups in total. The number of nitrogens with zero attached hydrogens (tertiary/aromatic N) is 3. The van der Waals surface area contributed by atoms with Crippen molar-refractivity contribution in [2.24, 2.45) is 0 Å². The lowest BCUT2D eigenvalue weighted by Crippen LogP contribution is -2.22. The van der Waals surface area contributed by atoms with Crippen molar-refractivity contribution in [1.82, 2.24) is 15.0 Å². The molecular formula is C13H16BrClN4. The van der Waals surface area contributed by atoms with Gasteiger partial charge in [-0.15, -0.1) is 5.10 Å². The third-order valence-electron chi connectivity index (χ3n) is 2.62. The van der Waals surface area contributed by atoms with Gasteiger partial charge in [0.25, 0.3) is 0 Å². The summed E-state index contributed by atoms with van der Waals surface area (Å²) in [6, 6.07) is 5.63. The van der Waals surface area contributed by atoms with Gasteiger partial charge in [-0.1, -0.05) is 16.8 Å². The molecule has 0 saturated heterocycles. The second-order valence-corrected chi connectivity index (χ2v) is 6.59. The van der Waals surface area contributed by atoms with Crippen molar-refractivity contribution in [2.75, 3.05) is 5.32 Å². The van der Waals surface area contributed by atoms with E-state index >= 15 is 0 Å². The maximum atomic E-state index is 5.97. The first-order valence-electron chi connectivity index (χ1n) is 5.97. The highest BCUT2D eigenvalue weighted by Crippen LogP contribution is 2.26. The van der Waals surface area contributed by atoms with Crippen LogP contribution in [0.1, 0.15) is 26.5 Å². The summed E-state index contributed by atoms with van der Waals surface area (Å²) in [4.78, 5) is 0. The summed E-state index contributed by atoms with van der Waals surface area (Å²) in [6.07, 6.45) is 1.95. The smallest absolute Gasteiger partial charge is 0.102 e. The van der Waals surface area contributed by atoms with Crippen LogP contribution in [0.25, 0.3) is 0 Å². The van der Waals surface area contributed by atoms with Gasteiger partial charge in [0.1, 0.15) is 5.69 Å². The van der Waals surface area contributed by atoms with Crippen LogP contribution < -0.4 is 5.32 Å². The molecule has 19 heavy (non-hydrogen) atoms. The number of benzene rings is 1. The number of hydrogen-bond donors (Lipinski definition) is 1. The predicted molar refractivity (Wildman–Crippen MR) is 81.5 cm³/mol. The Morgan fingerprint density at radius 1 is 1.37 bits per heavy atom. The highest BCUT2D eigenvalue weighted by molar-refractivity contribution is 9.10. The van der Waals surface area contributed by atoms with Crippen molar-refractivity contribution >= 4 is 33.2 Å². The number of aromatic nitrogens is 3. The topological polar surface area (TPSA) is 42.7 Å². The fraction of sp³-hybridized carbons (Fsp3) is 0.385. The van der Waals surface area contributed by atoms with E-state index in [0.717, 1.165) is 15.9 Å². The molecule has 0 atom stereocenters. The van der Waals surface area contributed by atoms with Crippen LogP contribution in [0.3, 0.4) is 0 Å². The van der Waals surface area contributed by atoms with Gasteiger partial charge < -0.3 is 5.32 Å². The largest absolute Gasteiger partial charge is 0.378 e. The molecule has 102 valence electrons. The van der Waals surface area contributed by atoms with Crippen LogP contribution >= 0.6 is 27.5 Å². The molecule has 0 aliphatic carbocycles. The number of anilines is 1. The van der Waals surface area contributed by atoms with Gasteiger partial charge in [0.15, 0.2) is 0 Å². The van der Waals surface area contributed by atoms with E-state index < -0.39 is 0 Å². The zero-order valence-corrected chi connectivity index (χ0v) is 13.5. The Morgan fingerprint density at radius 3 is 2.74 bits per heavy atom. The molecule has 0 saturated carbocycles. The van der Waals surface area contributed by atoms with E-state index in [4.69, 9.17) is 11.6 Å². The minimum absolute atomic E-state index is 0.0537. The normalized spacial score (nSPS) is 11.6. The quantitative estimate of drug-likeness (QED) is 0.914. The maximum absolute atomic E-state index is 5.97. The van der Waals surface area contributed by atoms with Gasteiger partial charge in [-0.2, -0.15) is 0 Å².